The molecule has 7 nitrogen and oxygen atoms in total. The number of fused-ring (bicyclic) bond motifs is 1. The normalized spacial score (nSPS) is 17.3. The zero-order valence-corrected chi connectivity index (χ0v) is 23.2. The predicted octanol–water partition coefficient (Wildman–Crippen LogP) is 5.84. The number of hydrogen-bond acceptors (Lipinski definition) is 7. The summed E-state index contributed by atoms with van der Waals surface area (Å²) in [6.45, 7) is 2.24. The van der Waals surface area contributed by atoms with Crippen LogP contribution in [0.1, 0.15) is 29.7 Å². The van der Waals surface area contributed by atoms with Gasteiger partial charge in [0.05, 0.1) is 30.3 Å². The van der Waals surface area contributed by atoms with E-state index in [1.807, 2.05) is 23.1 Å². The second-order valence-corrected chi connectivity index (χ2v) is 13.4. The lowest BCUT2D eigenvalue weighted by atomic mass is 10.1. The van der Waals surface area contributed by atoms with Gasteiger partial charge in [0.25, 0.3) is 0 Å². The van der Waals surface area contributed by atoms with Gasteiger partial charge in [0.2, 0.25) is 0 Å². The van der Waals surface area contributed by atoms with E-state index in [0.29, 0.717) is 47.5 Å². The van der Waals surface area contributed by atoms with Crippen molar-refractivity contribution in [1.82, 2.24) is 15.3 Å². The molecule has 2 aliphatic rings. The van der Waals surface area contributed by atoms with Crippen molar-refractivity contribution in [2.24, 2.45) is 0 Å². The number of benzene rings is 2. The fraction of sp³-hybridized carbons (Fsp3) is 0.407. The second-order valence-electron chi connectivity index (χ2n) is 9.80. The number of halogens is 4. The molecule has 0 atom stereocenters. The van der Waals surface area contributed by atoms with Gasteiger partial charge in [0, 0.05) is 48.8 Å². The fourth-order valence-electron chi connectivity index (χ4n) is 5.02. The minimum absolute atomic E-state index is 0.177. The number of anilines is 3. The maximum Gasteiger partial charge on any atom is 0.416 e. The third-order valence-corrected chi connectivity index (χ3v) is 10.7. The van der Waals surface area contributed by atoms with Crippen LogP contribution in [0.25, 0.3) is 0 Å². The molecule has 1 saturated heterocycles. The first kappa shape index (κ1) is 27.7. The van der Waals surface area contributed by atoms with Gasteiger partial charge in [-0.3, -0.25) is 4.98 Å². The maximum atomic E-state index is 13.4. The van der Waals surface area contributed by atoms with Gasteiger partial charge in [-0.25, -0.2) is 4.98 Å². The first-order chi connectivity index (χ1) is 18.7. The molecule has 39 heavy (non-hydrogen) atoms. The molecule has 2 aromatic carbocycles. The van der Waals surface area contributed by atoms with Gasteiger partial charge in [0.15, 0.2) is 11.6 Å². The molecule has 1 aromatic heterocycles. The average molecular weight is 580 g/mol. The molecule has 0 amide bonds. The molecule has 208 valence electrons. The molecular formula is C27H30ClF3N5O2P. The molecule has 1 fully saturated rings. The van der Waals surface area contributed by atoms with E-state index >= 15 is 0 Å². The number of hydrogen-bond donors (Lipinski definition) is 2. The zero-order chi connectivity index (χ0) is 27.6. The Bertz CT molecular complexity index is 1390. The first-order valence-corrected chi connectivity index (χ1v) is 15.3. The molecule has 3 aromatic rings. The number of rotatable bonds is 6. The molecule has 0 radical (unpaired) electrons. The van der Waals surface area contributed by atoms with Crippen LogP contribution in [0.4, 0.5) is 30.5 Å². The lowest BCUT2D eigenvalue weighted by Crippen LogP contribution is -2.32. The fourth-order valence-corrected chi connectivity index (χ4v) is 7.67. The van der Waals surface area contributed by atoms with Crippen LogP contribution in [-0.4, -0.2) is 49.0 Å². The predicted molar refractivity (Wildman–Crippen MR) is 149 cm³/mol. The van der Waals surface area contributed by atoms with Crippen LogP contribution in [0.15, 0.2) is 42.6 Å². The van der Waals surface area contributed by atoms with Crippen molar-refractivity contribution in [1.29, 1.82) is 0 Å². The largest absolute Gasteiger partial charge is 0.495 e. The average Bonchev–Trinajstić information content (AvgIpc) is 3.11. The van der Waals surface area contributed by atoms with Crippen molar-refractivity contribution in [2.75, 3.05) is 49.3 Å². The highest BCUT2D eigenvalue weighted by Gasteiger charge is 2.31. The van der Waals surface area contributed by atoms with Gasteiger partial charge in [-0.1, -0.05) is 11.6 Å². The van der Waals surface area contributed by atoms with E-state index in [0.717, 1.165) is 55.5 Å². The minimum atomic E-state index is -4.46. The topological polar surface area (TPSA) is 79.4 Å². The monoisotopic (exact) mass is 579 g/mol. The third-order valence-electron chi connectivity index (χ3n) is 7.17. The van der Waals surface area contributed by atoms with E-state index in [1.165, 1.54) is 6.07 Å². The van der Waals surface area contributed by atoms with Gasteiger partial charge in [0.1, 0.15) is 12.9 Å². The smallest absolute Gasteiger partial charge is 0.416 e. The summed E-state index contributed by atoms with van der Waals surface area (Å²) in [7, 11) is -0.914. The molecule has 0 unspecified atom stereocenters. The SMILES string of the molecule is COc1cc(P2(=O)CCNCC2)ccc1Nc1cnc2c(n1)N(Cc1cc(C(F)(F)F)ccc1Cl)CCCC2. The number of aryl methyl sites for hydroxylation is 1. The zero-order valence-electron chi connectivity index (χ0n) is 21.5. The van der Waals surface area contributed by atoms with Gasteiger partial charge in [-0.15, -0.1) is 0 Å². The van der Waals surface area contributed by atoms with E-state index in [1.54, 1.807) is 13.3 Å². The molecule has 2 N–H and O–H groups in total. The third kappa shape index (κ3) is 6.18. The van der Waals surface area contributed by atoms with Crippen molar-refractivity contribution >= 4 is 41.4 Å². The molecular weight excluding hydrogens is 550 g/mol. The van der Waals surface area contributed by atoms with E-state index in [-0.39, 0.29) is 11.6 Å². The molecule has 5 rings (SSSR count). The highest BCUT2D eigenvalue weighted by molar-refractivity contribution is 7.71. The Balaban J connectivity index is 1.42. The Hall–Kier alpha value is -2.81. The Labute approximate surface area is 230 Å². The summed E-state index contributed by atoms with van der Waals surface area (Å²) in [5.41, 5.74) is 1.08. The molecule has 0 bridgehead atoms. The van der Waals surface area contributed by atoms with Crippen molar-refractivity contribution in [2.45, 2.75) is 32.0 Å². The first-order valence-electron chi connectivity index (χ1n) is 12.9. The highest BCUT2D eigenvalue weighted by Crippen LogP contribution is 2.46. The summed E-state index contributed by atoms with van der Waals surface area (Å²) in [6.07, 6.45) is 0.882. The van der Waals surface area contributed by atoms with Crippen LogP contribution in [0.5, 0.6) is 5.75 Å². The van der Waals surface area contributed by atoms with Crippen molar-refractivity contribution < 1.29 is 22.5 Å². The van der Waals surface area contributed by atoms with Gasteiger partial charge < -0.3 is 24.8 Å². The quantitative estimate of drug-likeness (QED) is 0.356. The Morgan fingerprint density at radius 1 is 1.15 bits per heavy atom. The number of nitrogens with zero attached hydrogens (tertiary/aromatic N) is 3. The van der Waals surface area contributed by atoms with Gasteiger partial charge in [-0.2, -0.15) is 13.2 Å². The molecule has 0 aliphatic carbocycles. The van der Waals surface area contributed by atoms with Crippen molar-refractivity contribution in [3.8, 4) is 5.75 Å². The second kappa shape index (κ2) is 11.4. The molecule has 0 spiro atoms. The standard InChI is InChI=1S/C27H30ClF3N5O2P/c1-38-24-15-20(39(37)12-9-32-10-13-39)6-8-22(24)34-25-16-33-23-4-2-3-11-36(26(23)35-25)17-18-14-19(27(29,30)31)5-7-21(18)28/h5-8,14-16,32H,2-4,9-13,17H2,1H3,(H,34,35). The molecule has 0 saturated carbocycles. The van der Waals surface area contributed by atoms with Crippen LogP contribution >= 0.6 is 18.7 Å². The van der Waals surface area contributed by atoms with Crippen LogP contribution in [0.2, 0.25) is 5.02 Å². The van der Waals surface area contributed by atoms with E-state index < -0.39 is 18.9 Å². The van der Waals surface area contributed by atoms with Crippen LogP contribution < -0.4 is 25.6 Å². The Morgan fingerprint density at radius 3 is 2.69 bits per heavy atom. The van der Waals surface area contributed by atoms with Crippen LogP contribution in [0.3, 0.4) is 0 Å². The summed E-state index contributed by atoms with van der Waals surface area (Å²) in [4.78, 5) is 11.4. The molecule has 3 heterocycles. The van der Waals surface area contributed by atoms with Crippen molar-refractivity contribution in [3.05, 3.63) is 64.4 Å². The summed E-state index contributed by atoms with van der Waals surface area (Å²) >= 11 is 6.30. The van der Waals surface area contributed by atoms with E-state index in [9.17, 15) is 17.7 Å². The lowest BCUT2D eigenvalue weighted by molar-refractivity contribution is -0.137. The Morgan fingerprint density at radius 2 is 1.95 bits per heavy atom. The number of ether oxygens (including phenoxy) is 1. The molecule has 2 aliphatic heterocycles. The number of alkyl halides is 3. The van der Waals surface area contributed by atoms with Crippen LogP contribution in [0, 0.1) is 0 Å². The molecule has 12 heteroatoms. The highest BCUT2D eigenvalue weighted by atomic mass is 35.5. The Kier molecular flexibility index (Phi) is 8.08. The van der Waals surface area contributed by atoms with E-state index in [2.05, 4.69) is 15.6 Å². The van der Waals surface area contributed by atoms with Gasteiger partial charge >= 0.3 is 6.18 Å². The van der Waals surface area contributed by atoms with Crippen molar-refractivity contribution in [3.63, 3.8) is 0 Å². The summed E-state index contributed by atoms with van der Waals surface area (Å²) in [5.74, 6) is 1.63. The number of aromatic nitrogens is 2. The van der Waals surface area contributed by atoms with E-state index in [4.69, 9.17) is 21.3 Å². The summed E-state index contributed by atoms with van der Waals surface area (Å²) in [6, 6.07) is 8.91. The van der Waals surface area contributed by atoms with Crippen LogP contribution in [-0.2, 0) is 23.7 Å². The summed E-state index contributed by atoms with van der Waals surface area (Å²) in [5, 5.41) is 7.58. The summed E-state index contributed by atoms with van der Waals surface area (Å²) < 4.78 is 59.1. The minimum Gasteiger partial charge on any atom is -0.495 e. The number of methoxy groups -OCH3 is 1. The number of nitrogens with one attached hydrogen (secondary N) is 2. The lowest BCUT2D eigenvalue weighted by Gasteiger charge is -2.25. The maximum absolute atomic E-state index is 13.4. The van der Waals surface area contributed by atoms with Gasteiger partial charge in [-0.05, 0) is 61.2 Å².